The molecule has 3 atom stereocenters. The zero-order valence-electron chi connectivity index (χ0n) is 21.2. The molecule has 0 aliphatic carbocycles. The van der Waals surface area contributed by atoms with Crippen LogP contribution < -0.4 is 10.1 Å². The number of ether oxygens (including phenoxy) is 2. The molecular weight excluding hydrogens is 449 g/mol. The van der Waals surface area contributed by atoms with Crippen molar-refractivity contribution in [3.05, 3.63) is 59.4 Å². The van der Waals surface area contributed by atoms with Gasteiger partial charge in [-0.1, -0.05) is 32.0 Å². The van der Waals surface area contributed by atoms with E-state index in [1.54, 1.807) is 56.3 Å². The van der Waals surface area contributed by atoms with Gasteiger partial charge < -0.3 is 19.7 Å². The van der Waals surface area contributed by atoms with Crippen LogP contribution in [0.15, 0.2) is 42.5 Å². The number of nitrogens with zero attached hydrogens (tertiary/aromatic N) is 2. The largest absolute Gasteiger partial charge is 0.491 e. The number of carbonyl (C=O) groups excluding carboxylic acids is 2. The van der Waals surface area contributed by atoms with Crippen molar-refractivity contribution in [2.24, 2.45) is 5.92 Å². The molecule has 0 unspecified atom stereocenters. The maximum absolute atomic E-state index is 14.4. The number of methoxy groups -OCH3 is 1. The summed E-state index contributed by atoms with van der Waals surface area (Å²) in [5.41, 5.74) is 1.54. The molecule has 190 valence electrons. The van der Waals surface area contributed by atoms with E-state index in [2.05, 4.69) is 17.1 Å². The summed E-state index contributed by atoms with van der Waals surface area (Å²) in [6.07, 6.45) is 0.121. The smallest absolute Gasteiger partial charge is 0.257 e. The molecule has 35 heavy (non-hydrogen) atoms. The molecule has 0 aromatic heterocycles. The van der Waals surface area contributed by atoms with Gasteiger partial charge in [0.25, 0.3) is 5.91 Å². The molecule has 0 fully saturated rings. The Balaban J connectivity index is 1.95. The first-order chi connectivity index (χ1) is 16.7. The van der Waals surface area contributed by atoms with E-state index >= 15 is 0 Å². The SMILES string of the molecule is CCC(=O)Nc1ccc2c(c1)C(=O)N(C)C[C@H](OC)[C@H](C)CN(Cc1ccccc1F)[C@H](C)CO2. The lowest BCUT2D eigenvalue weighted by Crippen LogP contribution is -2.46. The van der Waals surface area contributed by atoms with Crippen LogP contribution >= 0.6 is 0 Å². The second-order valence-electron chi connectivity index (χ2n) is 9.23. The Kier molecular flexibility index (Phi) is 9.23. The molecular formula is C27H36FN3O4. The number of likely N-dealkylation sites (N-methyl/N-ethyl adjacent to an activating group) is 1. The molecule has 0 saturated carbocycles. The van der Waals surface area contributed by atoms with Crippen LogP contribution in [0.3, 0.4) is 0 Å². The second-order valence-corrected chi connectivity index (χ2v) is 9.23. The van der Waals surface area contributed by atoms with Gasteiger partial charge in [0.2, 0.25) is 5.91 Å². The molecule has 1 aliphatic heterocycles. The van der Waals surface area contributed by atoms with E-state index in [-0.39, 0.29) is 35.7 Å². The number of hydrogen-bond acceptors (Lipinski definition) is 5. The van der Waals surface area contributed by atoms with E-state index in [9.17, 15) is 14.0 Å². The first-order valence-electron chi connectivity index (χ1n) is 12.1. The molecule has 7 nitrogen and oxygen atoms in total. The minimum absolute atomic E-state index is 0.0610. The molecule has 8 heteroatoms. The normalized spacial score (nSPS) is 21.9. The molecule has 2 amide bonds. The van der Waals surface area contributed by atoms with Crippen molar-refractivity contribution in [1.82, 2.24) is 9.80 Å². The number of nitrogens with one attached hydrogen (secondary N) is 1. The number of benzene rings is 2. The Morgan fingerprint density at radius 3 is 2.63 bits per heavy atom. The van der Waals surface area contributed by atoms with Crippen LogP contribution in [0.2, 0.25) is 0 Å². The van der Waals surface area contributed by atoms with Gasteiger partial charge in [-0.2, -0.15) is 0 Å². The number of hydrogen-bond donors (Lipinski definition) is 1. The first-order valence-corrected chi connectivity index (χ1v) is 12.1. The van der Waals surface area contributed by atoms with Crippen LogP contribution in [0.5, 0.6) is 5.75 Å². The third kappa shape index (κ3) is 6.80. The van der Waals surface area contributed by atoms with Crippen LogP contribution in [0.1, 0.15) is 43.1 Å². The van der Waals surface area contributed by atoms with Gasteiger partial charge in [-0.3, -0.25) is 14.5 Å². The average molecular weight is 486 g/mol. The van der Waals surface area contributed by atoms with Gasteiger partial charge >= 0.3 is 0 Å². The second kappa shape index (κ2) is 12.1. The summed E-state index contributed by atoms with van der Waals surface area (Å²) >= 11 is 0. The highest BCUT2D eigenvalue weighted by Gasteiger charge is 2.29. The molecule has 1 aliphatic rings. The van der Waals surface area contributed by atoms with Crippen LogP contribution in [0.4, 0.5) is 10.1 Å². The monoisotopic (exact) mass is 485 g/mol. The summed E-state index contributed by atoms with van der Waals surface area (Å²) in [5, 5.41) is 2.81. The number of carbonyl (C=O) groups is 2. The van der Waals surface area contributed by atoms with Crippen molar-refractivity contribution in [3.63, 3.8) is 0 Å². The van der Waals surface area contributed by atoms with Crippen molar-refractivity contribution in [2.75, 3.05) is 39.2 Å². The van der Waals surface area contributed by atoms with E-state index in [1.807, 2.05) is 13.0 Å². The Hall–Kier alpha value is -2.97. The standard InChI is InChI=1S/C27H36FN3O4/c1-6-26(32)29-21-11-12-24-22(13-21)27(33)30(4)16-25(34-5)18(2)14-31(19(3)17-35-24)15-20-9-7-8-10-23(20)28/h7-13,18-19,25H,6,14-17H2,1-5H3,(H,29,32)/t18-,19-,25+/m1/s1. The van der Waals surface area contributed by atoms with Crippen LogP contribution in [0.25, 0.3) is 0 Å². The van der Waals surface area contributed by atoms with Gasteiger partial charge in [0.1, 0.15) is 18.2 Å². The molecule has 0 radical (unpaired) electrons. The number of rotatable bonds is 5. The van der Waals surface area contributed by atoms with Crippen molar-refractivity contribution in [2.45, 2.75) is 45.9 Å². The van der Waals surface area contributed by atoms with Crippen LogP contribution in [-0.2, 0) is 16.1 Å². The van der Waals surface area contributed by atoms with Gasteiger partial charge in [-0.05, 0) is 37.1 Å². The van der Waals surface area contributed by atoms with Gasteiger partial charge in [0.15, 0.2) is 0 Å². The van der Waals surface area contributed by atoms with Crippen LogP contribution in [-0.4, -0.2) is 67.6 Å². The Morgan fingerprint density at radius 2 is 1.94 bits per heavy atom. The van der Waals surface area contributed by atoms with E-state index in [4.69, 9.17) is 9.47 Å². The van der Waals surface area contributed by atoms with Gasteiger partial charge in [-0.15, -0.1) is 0 Å². The maximum Gasteiger partial charge on any atom is 0.257 e. The van der Waals surface area contributed by atoms with Gasteiger partial charge in [0.05, 0.1) is 11.7 Å². The lowest BCUT2D eigenvalue weighted by Gasteiger charge is -2.36. The zero-order chi connectivity index (χ0) is 25.5. The van der Waals surface area contributed by atoms with Crippen LogP contribution in [0, 0.1) is 11.7 Å². The molecule has 0 saturated heterocycles. The lowest BCUT2D eigenvalue weighted by molar-refractivity contribution is -0.115. The van der Waals surface area contributed by atoms with E-state index in [0.717, 1.165) is 0 Å². The van der Waals surface area contributed by atoms with E-state index < -0.39 is 0 Å². The van der Waals surface area contributed by atoms with Crippen molar-refractivity contribution in [1.29, 1.82) is 0 Å². The van der Waals surface area contributed by atoms with Gasteiger partial charge in [0, 0.05) is 57.5 Å². The van der Waals surface area contributed by atoms with Crippen molar-refractivity contribution >= 4 is 17.5 Å². The summed E-state index contributed by atoms with van der Waals surface area (Å²) in [6, 6.07) is 11.8. The zero-order valence-corrected chi connectivity index (χ0v) is 21.2. The molecule has 2 aromatic rings. The quantitative estimate of drug-likeness (QED) is 0.688. The van der Waals surface area contributed by atoms with E-state index in [1.165, 1.54) is 6.07 Å². The summed E-state index contributed by atoms with van der Waals surface area (Å²) in [5.74, 6) is -0.0704. The predicted octanol–water partition coefficient (Wildman–Crippen LogP) is 4.18. The van der Waals surface area contributed by atoms with Crippen molar-refractivity contribution < 1.29 is 23.5 Å². The van der Waals surface area contributed by atoms with Crippen molar-refractivity contribution in [3.8, 4) is 5.75 Å². The Bertz CT molecular complexity index is 1030. The highest BCUT2D eigenvalue weighted by atomic mass is 19.1. The minimum Gasteiger partial charge on any atom is -0.491 e. The van der Waals surface area contributed by atoms with Gasteiger partial charge in [-0.25, -0.2) is 4.39 Å². The Morgan fingerprint density at radius 1 is 1.20 bits per heavy atom. The summed E-state index contributed by atoms with van der Waals surface area (Å²) in [6.45, 7) is 7.64. The fraction of sp³-hybridized carbons (Fsp3) is 0.481. The third-order valence-electron chi connectivity index (χ3n) is 6.51. The fourth-order valence-corrected chi connectivity index (χ4v) is 4.24. The summed E-state index contributed by atoms with van der Waals surface area (Å²) in [4.78, 5) is 29.1. The molecule has 0 bridgehead atoms. The minimum atomic E-state index is -0.236. The first kappa shape index (κ1) is 26.6. The lowest BCUT2D eigenvalue weighted by atomic mass is 10.0. The average Bonchev–Trinajstić information content (AvgIpc) is 2.85. The van der Waals surface area contributed by atoms with E-state index in [0.29, 0.717) is 55.2 Å². The topological polar surface area (TPSA) is 71.1 Å². The molecule has 0 spiro atoms. The third-order valence-corrected chi connectivity index (χ3v) is 6.51. The number of fused-ring (bicyclic) bond motifs is 1. The molecule has 3 rings (SSSR count). The number of anilines is 1. The predicted molar refractivity (Wildman–Crippen MR) is 134 cm³/mol. The molecule has 2 aromatic carbocycles. The molecule has 1 heterocycles. The summed E-state index contributed by atoms with van der Waals surface area (Å²) < 4.78 is 26.4. The summed E-state index contributed by atoms with van der Waals surface area (Å²) in [7, 11) is 3.37. The number of halogens is 1. The number of amides is 2. The molecule has 1 N–H and O–H groups in total. The highest BCUT2D eigenvalue weighted by molar-refractivity contribution is 5.99. The maximum atomic E-state index is 14.4. The highest BCUT2D eigenvalue weighted by Crippen LogP contribution is 2.27. The Labute approximate surface area is 207 Å². The fourth-order valence-electron chi connectivity index (χ4n) is 4.24.